The number of anilines is 1. The van der Waals surface area contributed by atoms with Gasteiger partial charge in [0.2, 0.25) is 0 Å². The highest BCUT2D eigenvalue weighted by atomic mass is 19.4. The van der Waals surface area contributed by atoms with E-state index in [4.69, 9.17) is 10.5 Å². The van der Waals surface area contributed by atoms with Crippen LogP contribution in [0.5, 0.6) is 0 Å². The van der Waals surface area contributed by atoms with Gasteiger partial charge in [0, 0.05) is 18.7 Å². The fourth-order valence-corrected chi connectivity index (χ4v) is 3.67. The van der Waals surface area contributed by atoms with E-state index in [1.54, 1.807) is 6.33 Å². The highest BCUT2D eigenvalue weighted by molar-refractivity contribution is 5.83. The summed E-state index contributed by atoms with van der Waals surface area (Å²) in [6, 6.07) is 12.6. The number of amides is 1. The summed E-state index contributed by atoms with van der Waals surface area (Å²) in [7, 11) is 0. The van der Waals surface area contributed by atoms with Crippen LogP contribution in [0.3, 0.4) is 0 Å². The number of hydrogen-bond donors (Lipinski definition) is 2. The number of unbranched alkanes of at least 4 members (excludes halogenated alkanes) is 1. The summed E-state index contributed by atoms with van der Waals surface area (Å²) >= 11 is 0. The molecule has 2 aromatic carbocycles. The Morgan fingerprint density at radius 2 is 1.92 bits per heavy atom. The summed E-state index contributed by atoms with van der Waals surface area (Å²) in [6.45, 7) is 2.67. The summed E-state index contributed by atoms with van der Waals surface area (Å²) in [5.41, 5.74) is 8.77. The monoisotopic (exact) mass is 498 g/mol. The van der Waals surface area contributed by atoms with Gasteiger partial charge in [0.05, 0.1) is 18.5 Å². The van der Waals surface area contributed by atoms with E-state index in [1.807, 2.05) is 35.8 Å². The molecule has 0 bridgehead atoms. The molecular weight excluding hydrogens is 473 g/mol. The highest BCUT2D eigenvalue weighted by Crippen LogP contribution is 2.29. The van der Waals surface area contributed by atoms with Crippen molar-refractivity contribution in [3.8, 4) is 11.4 Å². The Labute approximate surface area is 205 Å². The zero-order valence-electron chi connectivity index (χ0n) is 19.5. The van der Waals surface area contributed by atoms with E-state index in [1.165, 1.54) is 12.1 Å². The number of nitrogens with zero attached hydrogens (tertiary/aromatic N) is 4. The predicted octanol–water partition coefficient (Wildman–Crippen LogP) is 5.11. The molecule has 36 heavy (non-hydrogen) atoms. The summed E-state index contributed by atoms with van der Waals surface area (Å²) in [5, 5.41) is 2.46. The number of rotatable bonds is 8. The second kappa shape index (κ2) is 10.6. The molecule has 188 valence electrons. The number of nitrogens with two attached hydrogens (primary N) is 1. The van der Waals surface area contributed by atoms with Crippen LogP contribution in [0.25, 0.3) is 22.6 Å². The fraction of sp³-hybridized carbons (Fsp3) is 0.280. The zero-order valence-corrected chi connectivity index (χ0v) is 19.5. The molecule has 0 saturated carbocycles. The Morgan fingerprint density at radius 3 is 2.69 bits per heavy atom. The van der Waals surface area contributed by atoms with Crippen molar-refractivity contribution in [3.05, 3.63) is 71.5 Å². The van der Waals surface area contributed by atoms with E-state index < -0.39 is 17.8 Å². The first-order valence-electron chi connectivity index (χ1n) is 11.3. The van der Waals surface area contributed by atoms with Gasteiger partial charge >= 0.3 is 12.3 Å². The lowest BCUT2D eigenvalue weighted by Gasteiger charge is -2.10. The number of ether oxygens (including phenoxy) is 1. The van der Waals surface area contributed by atoms with Crippen molar-refractivity contribution < 1.29 is 22.7 Å². The number of alkyl carbamates (subject to hydrolysis) is 1. The fourth-order valence-electron chi connectivity index (χ4n) is 3.67. The van der Waals surface area contributed by atoms with Crippen LogP contribution in [0, 0.1) is 6.92 Å². The zero-order chi connectivity index (χ0) is 25.7. The lowest BCUT2D eigenvalue weighted by atomic mass is 10.1. The minimum atomic E-state index is -4.43. The Kier molecular flexibility index (Phi) is 7.37. The van der Waals surface area contributed by atoms with E-state index in [0.717, 1.165) is 23.3 Å². The molecule has 0 radical (unpaired) electrons. The van der Waals surface area contributed by atoms with Crippen molar-refractivity contribution in [1.29, 1.82) is 0 Å². The lowest BCUT2D eigenvalue weighted by Crippen LogP contribution is -2.24. The summed E-state index contributed by atoms with van der Waals surface area (Å²) in [5.74, 6) is 0.822. The number of carbonyl (C=O) groups excluding carboxylic acids is 1. The van der Waals surface area contributed by atoms with Crippen molar-refractivity contribution in [2.24, 2.45) is 0 Å². The number of nitrogens with one attached hydrogen (secondary N) is 1. The maximum Gasteiger partial charge on any atom is 0.416 e. The number of imidazole rings is 1. The van der Waals surface area contributed by atoms with Crippen molar-refractivity contribution in [2.45, 2.75) is 39.0 Å². The Bertz CT molecular complexity index is 1370. The average molecular weight is 499 g/mol. The van der Waals surface area contributed by atoms with Gasteiger partial charge in [-0.3, -0.25) is 0 Å². The third-order valence-electron chi connectivity index (χ3n) is 5.48. The molecule has 8 nitrogen and oxygen atoms in total. The summed E-state index contributed by atoms with van der Waals surface area (Å²) in [6.07, 6.45) is -2.23. The SMILES string of the molecule is Cc1cccc(-c2nc(N)c3ncn(CCCCOC(=O)NCc4cccc(C(F)(F)F)c4)c3n2)c1. The van der Waals surface area contributed by atoms with Gasteiger partial charge in [-0.2, -0.15) is 13.2 Å². The van der Waals surface area contributed by atoms with Gasteiger partial charge in [0.25, 0.3) is 0 Å². The third kappa shape index (κ3) is 6.09. The predicted molar refractivity (Wildman–Crippen MR) is 129 cm³/mol. The van der Waals surface area contributed by atoms with Crippen molar-refractivity contribution in [1.82, 2.24) is 24.8 Å². The molecular formula is C25H25F3N6O2. The van der Waals surface area contributed by atoms with Crippen molar-refractivity contribution in [2.75, 3.05) is 12.3 Å². The molecule has 4 rings (SSSR count). The average Bonchev–Trinajstić information content (AvgIpc) is 3.26. The van der Waals surface area contributed by atoms with Gasteiger partial charge in [-0.1, -0.05) is 35.9 Å². The molecule has 2 aromatic heterocycles. The minimum Gasteiger partial charge on any atom is -0.450 e. The highest BCUT2D eigenvalue weighted by Gasteiger charge is 2.30. The maximum atomic E-state index is 12.8. The van der Waals surface area contributed by atoms with E-state index >= 15 is 0 Å². The normalized spacial score (nSPS) is 11.6. The van der Waals surface area contributed by atoms with Gasteiger partial charge in [-0.15, -0.1) is 0 Å². The molecule has 0 saturated heterocycles. The Hall–Kier alpha value is -4.15. The van der Waals surface area contributed by atoms with E-state index in [2.05, 4.69) is 20.3 Å². The maximum absolute atomic E-state index is 12.8. The van der Waals surface area contributed by atoms with Crippen LogP contribution in [-0.4, -0.2) is 32.2 Å². The molecule has 2 heterocycles. The van der Waals surface area contributed by atoms with Gasteiger partial charge in [0.1, 0.15) is 5.52 Å². The molecule has 3 N–H and O–H groups in total. The molecule has 0 aliphatic heterocycles. The first kappa shape index (κ1) is 25.0. The number of carbonyl (C=O) groups is 1. The second-order valence-electron chi connectivity index (χ2n) is 8.31. The number of aromatic nitrogens is 4. The van der Waals surface area contributed by atoms with Crippen LogP contribution >= 0.6 is 0 Å². The number of fused-ring (bicyclic) bond motifs is 1. The smallest absolute Gasteiger partial charge is 0.416 e. The molecule has 0 atom stereocenters. The number of aryl methyl sites for hydroxylation is 2. The molecule has 0 aliphatic rings. The van der Waals surface area contributed by atoms with Crippen LogP contribution in [-0.2, 0) is 24.0 Å². The van der Waals surface area contributed by atoms with E-state index in [-0.39, 0.29) is 13.2 Å². The quantitative estimate of drug-likeness (QED) is 0.327. The Balaban J connectivity index is 1.27. The lowest BCUT2D eigenvalue weighted by molar-refractivity contribution is -0.137. The third-order valence-corrected chi connectivity index (χ3v) is 5.48. The number of halogens is 3. The molecule has 1 amide bonds. The van der Waals surface area contributed by atoms with E-state index in [9.17, 15) is 18.0 Å². The van der Waals surface area contributed by atoms with Gasteiger partial charge in [-0.05, 0) is 43.5 Å². The van der Waals surface area contributed by atoms with Crippen LogP contribution in [0.1, 0.15) is 29.5 Å². The van der Waals surface area contributed by atoms with Gasteiger partial charge < -0.3 is 20.4 Å². The van der Waals surface area contributed by atoms with Crippen LogP contribution < -0.4 is 11.1 Å². The molecule has 11 heteroatoms. The number of alkyl halides is 3. The summed E-state index contributed by atoms with van der Waals surface area (Å²) in [4.78, 5) is 25.3. The van der Waals surface area contributed by atoms with E-state index in [0.29, 0.717) is 47.8 Å². The molecule has 4 aromatic rings. The standard InChI is InChI=1S/C25H25F3N6O2/c1-16-6-4-8-18(12-16)22-32-21(29)20-23(33-22)34(15-31-20)10-2-3-11-36-24(35)30-14-17-7-5-9-19(13-17)25(26,27)28/h4-9,12-13,15H,2-3,10-11,14H2,1H3,(H,30,35)(H2,29,32,33). The van der Waals surface area contributed by atoms with Crippen molar-refractivity contribution in [3.63, 3.8) is 0 Å². The van der Waals surface area contributed by atoms with Gasteiger partial charge in [0.15, 0.2) is 17.3 Å². The van der Waals surface area contributed by atoms with Crippen LogP contribution in [0.4, 0.5) is 23.8 Å². The number of nitrogen functional groups attached to an aromatic ring is 1. The largest absolute Gasteiger partial charge is 0.450 e. The number of benzene rings is 2. The first-order valence-corrected chi connectivity index (χ1v) is 11.3. The second-order valence-corrected chi connectivity index (χ2v) is 8.31. The van der Waals surface area contributed by atoms with Gasteiger partial charge in [-0.25, -0.2) is 19.7 Å². The molecule has 0 aliphatic carbocycles. The topological polar surface area (TPSA) is 108 Å². The van der Waals surface area contributed by atoms with Crippen molar-refractivity contribution >= 4 is 23.1 Å². The Morgan fingerprint density at radius 1 is 1.11 bits per heavy atom. The summed E-state index contributed by atoms with van der Waals surface area (Å²) < 4.78 is 45.4. The molecule has 0 fully saturated rings. The molecule has 0 unspecified atom stereocenters. The van der Waals surface area contributed by atoms with Crippen LogP contribution in [0.15, 0.2) is 54.9 Å². The molecule has 0 spiro atoms. The first-order chi connectivity index (χ1) is 17.2. The minimum absolute atomic E-state index is 0.0613. The number of hydrogen-bond acceptors (Lipinski definition) is 6. The van der Waals surface area contributed by atoms with Crippen LogP contribution in [0.2, 0.25) is 0 Å².